The third-order valence-corrected chi connectivity index (χ3v) is 10.5. The van der Waals surface area contributed by atoms with E-state index in [0.29, 0.717) is 13.1 Å². The average molecular weight is 613 g/mol. The Morgan fingerprint density at radius 1 is 0.405 bits per heavy atom. The fourth-order valence-electron chi connectivity index (χ4n) is 4.90. The van der Waals surface area contributed by atoms with Gasteiger partial charge in [-0.25, -0.2) is 26.3 Å². The van der Waals surface area contributed by atoms with Crippen LogP contribution < -0.4 is 9.44 Å². The van der Waals surface area contributed by atoms with E-state index in [1.807, 2.05) is 48.5 Å². The number of hydrogen-bond donors (Lipinski definition) is 2. The number of sulfonamides is 2. The molecular weight excluding hydrogens is 565 g/mol. The van der Waals surface area contributed by atoms with Crippen molar-refractivity contribution in [2.24, 2.45) is 0 Å². The zero-order valence-electron chi connectivity index (χ0n) is 25.3. The van der Waals surface area contributed by atoms with Gasteiger partial charge in [0, 0.05) is 13.1 Å². The molecule has 0 heterocycles. The molecular formula is C34H48N2O4S2. The summed E-state index contributed by atoms with van der Waals surface area (Å²) in [5.41, 5.74) is 3.80. The summed E-state index contributed by atoms with van der Waals surface area (Å²) in [5.74, 6) is 0. The van der Waals surface area contributed by atoms with E-state index in [4.69, 9.17) is 0 Å². The van der Waals surface area contributed by atoms with Crippen molar-refractivity contribution < 1.29 is 16.8 Å². The largest absolute Gasteiger partial charge is 0.240 e. The maximum Gasteiger partial charge on any atom is 0.240 e. The van der Waals surface area contributed by atoms with Gasteiger partial charge in [-0.1, -0.05) is 127 Å². The summed E-state index contributed by atoms with van der Waals surface area (Å²) in [7, 11) is -7.04. The third kappa shape index (κ3) is 11.0. The van der Waals surface area contributed by atoms with Crippen molar-refractivity contribution in [3.05, 3.63) is 72.8 Å². The molecule has 0 saturated carbocycles. The van der Waals surface area contributed by atoms with Crippen molar-refractivity contribution in [2.45, 2.75) is 101 Å². The van der Waals surface area contributed by atoms with Gasteiger partial charge in [0.05, 0.1) is 9.79 Å². The van der Waals surface area contributed by atoms with Crippen LogP contribution in [-0.2, 0) is 20.0 Å². The summed E-state index contributed by atoms with van der Waals surface area (Å²) in [6, 6.07) is 21.8. The Kier molecular flexibility index (Phi) is 14.2. The summed E-state index contributed by atoms with van der Waals surface area (Å²) >= 11 is 0. The van der Waals surface area contributed by atoms with Crippen molar-refractivity contribution in [1.29, 1.82) is 0 Å². The first kappa shape index (κ1) is 34.0. The molecule has 0 unspecified atom stereocenters. The molecule has 0 atom stereocenters. The Labute approximate surface area is 254 Å². The molecule has 0 aliphatic carbocycles. The molecule has 0 saturated heterocycles. The van der Waals surface area contributed by atoms with Gasteiger partial charge in [-0.3, -0.25) is 0 Å². The number of benzene rings is 3. The molecule has 3 rings (SSSR count). The maximum atomic E-state index is 12.7. The first-order valence-electron chi connectivity index (χ1n) is 15.6. The van der Waals surface area contributed by atoms with E-state index >= 15 is 0 Å². The first-order valence-corrected chi connectivity index (χ1v) is 18.5. The second-order valence-electron chi connectivity index (χ2n) is 11.0. The lowest BCUT2D eigenvalue weighted by Crippen LogP contribution is -2.24. The Balaban J connectivity index is 1.52. The highest BCUT2D eigenvalue weighted by molar-refractivity contribution is 7.89. The van der Waals surface area contributed by atoms with Gasteiger partial charge in [0.25, 0.3) is 0 Å². The minimum absolute atomic E-state index is 0.269. The van der Waals surface area contributed by atoms with E-state index in [9.17, 15) is 16.8 Å². The van der Waals surface area contributed by atoms with Gasteiger partial charge in [0.2, 0.25) is 20.0 Å². The molecule has 6 nitrogen and oxygen atoms in total. The minimum atomic E-state index is -3.52. The van der Waals surface area contributed by atoms with Crippen LogP contribution in [0.4, 0.5) is 0 Å². The van der Waals surface area contributed by atoms with Gasteiger partial charge in [-0.2, -0.15) is 0 Å². The summed E-state index contributed by atoms with van der Waals surface area (Å²) in [6.07, 6.45) is 13.4. The van der Waals surface area contributed by atoms with Crippen molar-refractivity contribution in [3.8, 4) is 22.3 Å². The van der Waals surface area contributed by atoms with Crippen molar-refractivity contribution in [3.63, 3.8) is 0 Å². The second kappa shape index (κ2) is 17.6. The molecule has 230 valence electrons. The normalized spacial score (nSPS) is 12.0. The quantitative estimate of drug-likeness (QED) is 0.126. The van der Waals surface area contributed by atoms with E-state index in [-0.39, 0.29) is 9.79 Å². The van der Waals surface area contributed by atoms with Crippen molar-refractivity contribution >= 4 is 20.0 Å². The highest BCUT2D eigenvalue weighted by Gasteiger charge is 2.15. The Morgan fingerprint density at radius 2 is 0.667 bits per heavy atom. The molecule has 0 radical (unpaired) electrons. The third-order valence-electron chi connectivity index (χ3n) is 7.53. The van der Waals surface area contributed by atoms with Crippen molar-refractivity contribution in [2.75, 3.05) is 13.1 Å². The maximum absolute atomic E-state index is 12.7. The van der Waals surface area contributed by atoms with Crippen LogP contribution in [0.25, 0.3) is 22.3 Å². The number of rotatable bonds is 20. The molecule has 2 N–H and O–H groups in total. The summed E-state index contributed by atoms with van der Waals surface area (Å²) in [4.78, 5) is 0.538. The van der Waals surface area contributed by atoms with Gasteiger partial charge in [-0.05, 0) is 59.4 Å². The van der Waals surface area contributed by atoms with E-state index < -0.39 is 20.0 Å². The van der Waals surface area contributed by atoms with Crippen LogP contribution in [0.3, 0.4) is 0 Å². The lowest BCUT2D eigenvalue weighted by Gasteiger charge is -2.10. The predicted octanol–water partition coefficient (Wildman–Crippen LogP) is 8.30. The molecule has 0 amide bonds. The molecule has 8 heteroatoms. The fraction of sp³-hybridized carbons (Fsp3) is 0.471. The lowest BCUT2D eigenvalue weighted by molar-refractivity contribution is 0.566. The van der Waals surface area contributed by atoms with Gasteiger partial charge < -0.3 is 0 Å². The SMILES string of the molecule is CCCCCCCCNS(=O)(=O)c1ccc(-c2ccc(-c3ccc(S(=O)(=O)NCCCCCCCC)cc3)cc2)cc1. The van der Waals surface area contributed by atoms with Gasteiger partial charge in [0.1, 0.15) is 0 Å². The Bertz CT molecular complexity index is 1290. The minimum Gasteiger partial charge on any atom is -0.211 e. The molecule has 0 spiro atoms. The zero-order valence-corrected chi connectivity index (χ0v) is 26.9. The molecule has 0 aliphatic rings. The monoisotopic (exact) mass is 612 g/mol. The fourth-order valence-corrected chi connectivity index (χ4v) is 7.05. The Hall–Kier alpha value is -2.52. The van der Waals surface area contributed by atoms with Crippen LogP contribution >= 0.6 is 0 Å². The van der Waals surface area contributed by atoms with Crippen LogP contribution in [0.15, 0.2) is 82.6 Å². The van der Waals surface area contributed by atoms with Crippen LogP contribution in [-0.4, -0.2) is 29.9 Å². The molecule has 3 aromatic carbocycles. The molecule has 3 aromatic rings. The highest BCUT2D eigenvalue weighted by atomic mass is 32.2. The van der Waals surface area contributed by atoms with E-state index in [1.54, 1.807) is 24.3 Å². The molecule has 0 aliphatic heterocycles. The number of unbranched alkanes of at least 4 members (excludes halogenated alkanes) is 10. The number of nitrogens with one attached hydrogen (secondary N) is 2. The van der Waals surface area contributed by atoms with E-state index in [1.165, 1.54) is 38.5 Å². The number of hydrogen-bond acceptors (Lipinski definition) is 4. The lowest BCUT2D eigenvalue weighted by atomic mass is 10.0. The average Bonchev–Trinajstić information content (AvgIpc) is 3.00. The topological polar surface area (TPSA) is 92.3 Å². The van der Waals surface area contributed by atoms with Gasteiger partial charge in [0.15, 0.2) is 0 Å². The second-order valence-corrected chi connectivity index (χ2v) is 14.5. The zero-order chi connectivity index (χ0) is 30.3. The van der Waals surface area contributed by atoms with Crippen LogP contribution in [0.5, 0.6) is 0 Å². The molecule has 0 aromatic heterocycles. The van der Waals surface area contributed by atoms with E-state index in [2.05, 4.69) is 23.3 Å². The van der Waals surface area contributed by atoms with E-state index in [0.717, 1.165) is 60.8 Å². The highest BCUT2D eigenvalue weighted by Crippen LogP contribution is 2.27. The van der Waals surface area contributed by atoms with Gasteiger partial charge in [-0.15, -0.1) is 0 Å². The van der Waals surface area contributed by atoms with Gasteiger partial charge >= 0.3 is 0 Å². The standard InChI is InChI=1S/C34H48N2O4S2/c1-3-5-7-9-11-13-27-35-41(37,38)33-23-19-31(20-24-33)29-15-17-30(18-16-29)32-21-25-34(26-22-32)42(39,40)36-28-14-12-10-8-6-4-2/h15-26,35-36H,3-14,27-28H2,1-2H3. The molecule has 0 bridgehead atoms. The predicted molar refractivity (Wildman–Crippen MR) is 174 cm³/mol. The molecule has 0 fully saturated rings. The Morgan fingerprint density at radius 3 is 0.976 bits per heavy atom. The molecule has 42 heavy (non-hydrogen) atoms. The van der Waals surface area contributed by atoms with Crippen LogP contribution in [0.1, 0.15) is 90.9 Å². The summed E-state index contributed by atoms with van der Waals surface area (Å²) < 4.78 is 56.1. The summed E-state index contributed by atoms with van der Waals surface area (Å²) in [6.45, 7) is 5.28. The smallest absolute Gasteiger partial charge is 0.211 e. The van der Waals surface area contributed by atoms with Crippen LogP contribution in [0, 0.1) is 0 Å². The van der Waals surface area contributed by atoms with Crippen LogP contribution in [0.2, 0.25) is 0 Å². The first-order chi connectivity index (χ1) is 20.3. The summed E-state index contributed by atoms with van der Waals surface area (Å²) in [5, 5.41) is 0. The van der Waals surface area contributed by atoms with Crippen molar-refractivity contribution in [1.82, 2.24) is 9.44 Å².